The summed E-state index contributed by atoms with van der Waals surface area (Å²) in [4.78, 5) is 13.7. The zero-order valence-electron chi connectivity index (χ0n) is 12.5. The van der Waals surface area contributed by atoms with Crippen molar-refractivity contribution in [2.75, 3.05) is 0 Å². The van der Waals surface area contributed by atoms with Gasteiger partial charge < -0.3 is 10.6 Å². The highest BCUT2D eigenvalue weighted by Gasteiger charge is 2.24. The van der Waals surface area contributed by atoms with Crippen molar-refractivity contribution < 1.29 is 4.79 Å². The van der Waals surface area contributed by atoms with Gasteiger partial charge in [0.2, 0.25) is 5.91 Å². The second-order valence-corrected chi connectivity index (χ2v) is 6.63. The minimum atomic E-state index is -0.120. The summed E-state index contributed by atoms with van der Waals surface area (Å²) in [6, 6.07) is 12.5. The number of amides is 1. The fraction of sp³-hybridized carbons (Fsp3) is 0.353. The molecule has 0 saturated heterocycles. The van der Waals surface area contributed by atoms with Gasteiger partial charge in [-0.3, -0.25) is 4.79 Å². The number of thiophene rings is 1. The molecule has 1 aromatic heterocycles. The van der Waals surface area contributed by atoms with E-state index in [1.807, 2.05) is 18.2 Å². The third kappa shape index (κ3) is 4.09. The maximum atomic E-state index is 12.4. The maximum Gasteiger partial charge on any atom is 0.237 e. The molecule has 3 rings (SSSR count). The van der Waals surface area contributed by atoms with E-state index in [9.17, 15) is 4.79 Å². The second-order valence-electron chi connectivity index (χ2n) is 5.60. The van der Waals surface area contributed by atoms with Crippen LogP contribution < -0.4 is 10.6 Å². The Morgan fingerprint density at radius 1 is 1.32 bits per heavy atom. The highest BCUT2D eigenvalue weighted by molar-refractivity contribution is 7.09. The molecule has 5 heteroatoms. The maximum absolute atomic E-state index is 12.4. The number of nitrogens with one attached hydrogen (secondary N) is 2. The van der Waals surface area contributed by atoms with Crippen LogP contribution >= 0.6 is 23.7 Å². The highest BCUT2D eigenvalue weighted by atomic mass is 35.5. The van der Waals surface area contributed by atoms with Crippen LogP contribution in [0, 0.1) is 0 Å². The van der Waals surface area contributed by atoms with Crippen LogP contribution in [0.4, 0.5) is 0 Å². The van der Waals surface area contributed by atoms with Gasteiger partial charge in [0.05, 0.1) is 6.04 Å². The molecule has 1 amide bonds. The molecule has 22 heavy (non-hydrogen) atoms. The molecule has 0 fully saturated rings. The summed E-state index contributed by atoms with van der Waals surface area (Å²) in [5, 5.41) is 8.53. The van der Waals surface area contributed by atoms with Crippen molar-refractivity contribution in [3.8, 4) is 0 Å². The van der Waals surface area contributed by atoms with Crippen molar-refractivity contribution in [2.24, 2.45) is 0 Å². The Morgan fingerprint density at radius 2 is 2.09 bits per heavy atom. The summed E-state index contributed by atoms with van der Waals surface area (Å²) in [7, 11) is 0. The average Bonchev–Trinajstić information content (AvgIpc) is 2.99. The van der Waals surface area contributed by atoms with E-state index < -0.39 is 0 Å². The van der Waals surface area contributed by atoms with Crippen LogP contribution in [0.15, 0.2) is 41.8 Å². The Morgan fingerprint density at radius 3 is 2.82 bits per heavy atom. The molecule has 2 aromatic rings. The predicted molar refractivity (Wildman–Crippen MR) is 93.6 cm³/mol. The number of hydrogen-bond acceptors (Lipinski definition) is 3. The lowest BCUT2D eigenvalue weighted by molar-refractivity contribution is -0.123. The average molecular weight is 337 g/mol. The van der Waals surface area contributed by atoms with Crippen LogP contribution in [-0.2, 0) is 24.2 Å². The number of carbonyl (C=O) groups excluding carboxylic acids is 1. The van der Waals surface area contributed by atoms with E-state index in [4.69, 9.17) is 0 Å². The largest absolute Gasteiger partial charge is 0.352 e. The predicted octanol–water partition coefficient (Wildman–Crippen LogP) is 2.93. The molecule has 2 unspecified atom stereocenters. The number of hydrogen-bond donors (Lipinski definition) is 2. The van der Waals surface area contributed by atoms with Crippen molar-refractivity contribution in [3.05, 3.63) is 57.8 Å². The van der Waals surface area contributed by atoms with Gasteiger partial charge in [-0.25, -0.2) is 0 Å². The lowest BCUT2D eigenvalue weighted by Gasteiger charge is -2.26. The molecular weight excluding hydrogens is 316 g/mol. The summed E-state index contributed by atoms with van der Waals surface area (Å²) < 4.78 is 0. The van der Waals surface area contributed by atoms with Gasteiger partial charge in [0.1, 0.15) is 0 Å². The Kier molecular flexibility index (Phi) is 6.00. The van der Waals surface area contributed by atoms with E-state index in [1.165, 1.54) is 16.0 Å². The van der Waals surface area contributed by atoms with Crippen LogP contribution in [0.3, 0.4) is 0 Å². The molecule has 0 aliphatic carbocycles. The van der Waals surface area contributed by atoms with Gasteiger partial charge >= 0.3 is 0 Å². The summed E-state index contributed by atoms with van der Waals surface area (Å²) >= 11 is 1.74. The minimum absolute atomic E-state index is 0. The molecule has 1 aliphatic rings. The van der Waals surface area contributed by atoms with E-state index >= 15 is 0 Å². The Bertz CT molecular complexity index is 615. The Hall–Kier alpha value is -1.36. The lowest BCUT2D eigenvalue weighted by atomic mass is 9.95. The second kappa shape index (κ2) is 7.77. The van der Waals surface area contributed by atoms with Gasteiger partial charge in [-0.05, 0) is 35.9 Å². The summed E-state index contributed by atoms with van der Waals surface area (Å²) in [6.07, 6.45) is 1.67. The standard InChI is InChI=1S/C17H20N2OS.ClH/c1-12(9-15-7-4-8-21-15)19-17(20)16-10-13-5-2-3-6-14(13)11-18-16;/h2-8,12,16,18H,9-11H2,1H3,(H,19,20);1H. The van der Waals surface area contributed by atoms with E-state index in [-0.39, 0.29) is 30.4 Å². The number of halogens is 1. The third-order valence-electron chi connectivity index (χ3n) is 3.87. The van der Waals surface area contributed by atoms with Crippen molar-refractivity contribution in [2.45, 2.75) is 38.4 Å². The molecule has 3 nitrogen and oxygen atoms in total. The fourth-order valence-electron chi connectivity index (χ4n) is 2.76. The van der Waals surface area contributed by atoms with Crippen molar-refractivity contribution >= 4 is 29.7 Å². The minimum Gasteiger partial charge on any atom is -0.352 e. The van der Waals surface area contributed by atoms with E-state index in [0.717, 1.165) is 19.4 Å². The first-order chi connectivity index (χ1) is 10.2. The van der Waals surface area contributed by atoms with E-state index in [1.54, 1.807) is 11.3 Å². The smallest absolute Gasteiger partial charge is 0.237 e. The third-order valence-corrected chi connectivity index (χ3v) is 4.77. The SMILES string of the molecule is CC(Cc1cccs1)NC(=O)C1Cc2ccccc2CN1.Cl. The van der Waals surface area contributed by atoms with Crippen molar-refractivity contribution in [1.82, 2.24) is 10.6 Å². The van der Waals surface area contributed by atoms with Crippen molar-refractivity contribution in [3.63, 3.8) is 0 Å². The van der Waals surface area contributed by atoms with Gasteiger partial charge in [-0.2, -0.15) is 0 Å². The molecule has 2 N–H and O–H groups in total. The molecule has 1 aliphatic heterocycles. The van der Waals surface area contributed by atoms with Gasteiger partial charge in [-0.1, -0.05) is 30.3 Å². The molecule has 0 spiro atoms. The number of benzene rings is 1. The zero-order valence-corrected chi connectivity index (χ0v) is 14.2. The van der Waals surface area contributed by atoms with Gasteiger partial charge in [-0.15, -0.1) is 23.7 Å². The van der Waals surface area contributed by atoms with Crippen LogP contribution in [0.2, 0.25) is 0 Å². The van der Waals surface area contributed by atoms with E-state index in [0.29, 0.717) is 0 Å². The Balaban J connectivity index is 0.00000176. The molecule has 2 heterocycles. The van der Waals surface area contributed by atoms with Crippen LogP contribution in [0.25, 0.3) is 0 Å². The zero-order chi connectivity index (χ0) is 14.7. The monoisotopic (exact) mass is 336 g/mol. The number of fused-ring (bicyclic) bond motifs is 1. The lowest BCUT2D eigenvalue weighted by Crippen LogP contribution is -2.50. The van der Waals surface area contributed by atoms with Crippen LogP contribution in [0.1, 0.15) is 22.9 Å². The van der Waals surface area contributed by atoms with E-state index in [2.05, 4.69) is 41.1 Å². The molecule has 0 bridgehead atoms. The number of carbonyl (C=O) groups is 1. The first kappa shape index (κ1) is 17.0. The first-order valence-electron chi connectivity index (χ1n) is 7.35. The van der Waals surface area contributed by atoms with Gasteiger partial charge in [0.25, 0.3) is 0 Å². The molecule has 118 valence electrons. The molecule has 0 radical (unpaired) electrons. The topological polar surface area (TPSA) is 41.1 Å². The molecule has 1 aromatic carbocycles. The molecule has 2 atom stereocenters. The van der Waals surface area contributed by atoms with Crippen molar-refractivity contribution in [1.29, 1.82) is 0 Å². The van der Waals surface area contributed by atoms with Crippen LogP contribution in [0.5, 0.6) is 0 Å². The highest BCUT2D eigenvalue weighted by Crippen LogP contribution is 2.16. The summed E-state index contributed by atoms with van der Waals surface area (Å²) in [5.74, 6) is 0.105. The molecular formula is C17H21ClN2OS. The number of rotatable bonds is 4. The normalized spacial score (nSPS) is 18.0. The van der Waals surface area contributed by atoms with Crippen LogP contribution in [-0.4, -0.2) is 18.0 Å². The quantitative estimate of drug-likeness (QED) is 0.901. The van der Waals surface area contributed by atoms with Gasteiger partial charge in [0.15, 0.2) is 0 Å². The van der Waals surface area contributed by atoms with Gasteiger partial charge in [0, 0.05) is 23.9 Å². The fourth-order valence-corrected chi connectivity index (χ4v) is 3.60. The Labute approximate surface area is 141 Å². The molecule has 0 saturated carbocycles. The summed E-state index contributed by atoms with van der Waals surface area (Å²) in [6.45, 7) is 2.84. The summed E-state index contributed by atoms with van der Waals surface area (Å²) in [5.41, 5.74) is 2.58. The first-order valence-corrected chi connectivity index (χ1v) is 8.23.